The SMILES string of the molecule is N=C/C(=C(\N)c1c[nH]c(C(=O)NCc2ccccc2)c1)c1ccccc1. The fraction of sp³-hybridized carbons (Fsp3) is 0.0476. The number of hydrogen-bond acceptors (Lipinski definition) is 3. The number of H-pyrrole nitrogens is 1. The molecule has 0 bridgehead atoms. The van der Waals surface area contributed by atoms with E-state index in [9.17, 15) is 4.79 Å². The van der Waals surface area contributed by atoms with Crippen molar-refractivity contribution in [2.75, 3.05) is 0 Å². The summed E-state index contributed by atoms with van der Waals surface area (Å²) in [5, 5.41) is 10.5. The molecule has 1 aromatic heterocycles. The maximum absolute atomic E-state index is 12.3. The lowest BCUT2D eigenvalue weighted by Gasteiger charge is -2.06. The van der Waals surface area contributed by atoms with Gasteiger partial charge in [0, 0.05) is 35.8 Å². The third-order valence-electron chi connectivity index (χ3n) is 4.05. The van der Waals surface area contributed by atoms with Gasteiger partial charge in [-0.05, 0) is 17.2 Å². The third kappa shape index (κ3) is 3.89. The zero-order valence-corrected chi connectivity index (χ0v) is 14.2. The second-order valence-corrected chi connectivity index (χ2v) is 5.81. The Morgan fingerprint density at radius 2 is 1.69 bits per heavy atom. The number of carbonyl (C=O) groups is 1. The van der Waals surface area contributed by atoms with Crippen LogP contribution in [0, 0.1) is 5.41 Å². The van der Waals surface area contributed by atoms with Gasteiger partial charge in [0.15, 0.2) is 0 Å². The summed E-state index contributed by atoms with van der Waals surface area (Å²) in [7, 11) is 0. The van der Waals surface area contributed by atoms with E-state index in [0.29, 0.717) is 29.1 Å². The number of amides is 1. The molecule has 2 aromatic carbocycles. The Hall–Kier alpha value is -3.60. The molecular formula is C21H20N4O. The topological polar surface area (TPSA) is 94.8 Å². The van der Waals surface area contributed by atoms with E-state index in [1.807, 2.05) is 60.7 Å². The smallest absolute Gasteiger partial charge is 0.267 e. The van der Waals surface area contributed by atoms with Crippen LogP contribution in [0.25, 0.3) is 11.3 Å². The van der Waals surface area contributed by atoms with Gasteiger partial charge >= 0.3 is 0 Å². The molecule has 0 atom stereocenters. The summed E-state index contributed by atoms with van der Waals surface area (Å²) < 4.78 is 0. The van der Waals surface area contributed by atoms with Gasteiger partial charge in [-0.15, -0.1) is 0 Å². The van der Waals surface area contributed by atoms with Crippen LogP contribution in [-0.2, 0) is 6.54 Å². The number of hydrogen-bond donors (Lipinski definition) is 4. The zero-order valence-electron chi connectivity index (χ0n) is 14.2. The van der Waals surface area contributed by atoms with Crippen molar-refractivity contribution in [1.29, 1.82) is 5.41 Å². The number of nitrogens with two attached hydrogens (primary N) is 1. The van der Waals surface area contributed by atoms with Crippen molar-refractivity contribution >= 4 is 23.4 Å². The summed E-state index contributed by atoms with van der Waals surface area (Å²) in [6, 6.07) is 20.9. The van der Waals surface area contributed by atoms with Crippen LogP contribution in [0.5, 0.6) is 0 Å². The predicted octanol–water partition coefficient (Wildman–Crippen LogP) is 3.42. The van der Waals surface area contributed by atoms with Crippen LogP contribution in [0.1, 0.15) is 27.2 Å². The first-order valence-electron chi connectivity index (χ1n) is 8.25. The molecule has 0 saturated carbocycles. The summed E-state index contributed by atoms with van der Waals surface area (Å²) in [6.45, 7) is 0.453. The van der Waals surface area contributed by atoms with E-state index in [0.717, 1.165) is 11.1 Å². The van der Waals surface area contributed by atoms with Crippen molar-refractivity contribution in [2.24, 2.45) is 5.73 Å². The first-order chi connectivity index (χ1) is 12.7. The fourth-order valence-electron chi connectivity index (χ4n) is 2.64. The van der Waals surface area contributed by atoms with Gasteiger partial charge in [-0.25, -0.2) is 0 Å². The maximum atomic E-state index is 12.3. The van der Waals surface area contributed by atoms with Crippen molar-refractivity contribution in [1.82, 2.24) is 10.3 Å². The molecule has 0 fully saturated rings. The van der Waals surface area contributed by atoms with Crippen molar-refractivity contribution in [2.45, 2.75) is 6.54 Å². The molecule has 5 heteroatoms. The van der Waals surface area contributed by atoms with Gasteiger partial charge in [0.25, 0.3) is 5.91 Å². The molecule has 0 aliphatic carbocycles. The standard InChI is InChI=1S/C21H20N4O/c22-12-18(16-9-5-2-6-10-16)20(23)17-11-19(24-14-17)21(26)25-13-15-7-3-1-4-8-15/h1-12,14,22,24H,13,23H2,(H,25,26)/b20-18+,22-12?. The second kappa shape index (κ2) is 7.98. The van der Waals surface area contributed by atoms with Crippen molar-refractivity contribution < 1.29 is 4.79 Å². The summed E-state index contributed by atoms with van der Waals surface area (Å²) in [4.78, 5) is 15.3. The zero-order chi connectivity index (χ0) is 18.4. The minimum atomic E-state index is -0.205. The Labute approximate surface area is 152 Å². The molecule has 0 saturated heterocycles. The molecule has 130 valence electrons. The van der Waals surface area contributed by atoms with E-state index in [1.54, 1.807) is 12.3 Å². The van der Waals surface area contributed by atoms with Crippen molar-refractivity contribution in [3.8, 4) is 0 Å². The van der Waals surface area contributed by atoms with Gasteiger partial charge in [0.05, 0.1) is 0 Å². The van der Waals surface area contributed by atoms with E-state index in [2.05, 4.69) is 10.3 Å². The summed E-state index contributed by atoms with van der Waals surface area (Å²) in [5.74, 6) is -0.205. The first kappa shape index (κ1) is 17.2. The Morgan fingerprint density at radius 3 is 2.35 bits per heavy atom. The van der Waals surface area contributed by atoms with E-state index < -0.39 is 0 Å². The quantitative estimate of drug-likeness (QED) is 0.516. The molecule has 3 aromatic rings. The molecule has 1 amide bonds. The van der Waals surface area contributed by atoms with Crippen molar-refractivity contribution in [3.63, 3.8) is 0 Å². The highest BCUT2D eigenvalue weighted by Crippen LogP contribution is 2.21. The fourth-order valence-corrected chi connectivity index (χ4v) is 2.64. The molecule has 26 heavy (non-hydrogen) atoms. The number of nitrogens with one attached hydrogen (secondary N) is 3. The van der Waals surface area contributed by atoms with Crippen LogP contribution < -0.4 is 11.1 Å². The van der Waals surface area contributed by atoms with Gasteiger partial charge in [-0.1, -0.05) is 60.7 Å². The first-order valence-corrected chi connectivity index (χ1v) is 8.25. The maximum Gasteiger partial charge on any atom is 0.267 e. The van der Waals surface area contributed by atoms with Crippen molar-refractivity contribution in [3.05, 3.63) is 95.3 Å². The normalized spacial score (nSPS) is 11.5. The van der Waals surface area contributed by atoms with Crippen LogP contribution in [-0.4, -0.2) is 17.1 Å². The lowest BCUT2D eigenvalue weighted by Crippen LogP contribution is -2.22. The lowest BCUT2D eigenvalue weighted by molar-refractivity contribution is 0.0946. The molecule has 0 spiro atoms. The Kier molecular flexibility index (Phi) is 5.29. The molecule has 0 unspecified atom stereocenters. The molecule has 0 aliphatic heterocycles. The van der Waals surface area contributed by atoms with E-state index in [-0.39, 0.29) is 5.91 Å². The molecule has 3 rings (SSSR count). The number of benzene rings is 2. The lowest BCUT2D eigenvalue weighted by atomic mass is 10.0. The number of rotatable bonds is 6. The van der Waals surface area contributed by atoms with Crippen LogP contribution >= 0.6 is 0 Å². The average Bonchev–Trinajstić information content (AvgIpc) is 3.19. The van der Waals surface area contributed by atoms with Gasteiger partial charge in [0.1, 0.15) is 5.69 Å². The molecule has 5 nitrogen and oxygen atoms in total. The van der Waals surface area contributed by atoms with Crippen LogP contribution in [0.4, 0.5) is 0 Å². The number of aromatic amines is 1. The Bertz CT molecular complexity index is 927. The average molecular weight is 344 g/mol. The minimum Gasteiger partial charge on any atom is -0.398 e. The number of allylic oxidation sites excluding steroid dienone is 1. The molecule has 5 N–H and O–H groups in total. The third-order valence-corrected chi connectivity index (χ3v) is 4.05. The van der Waals surface area contributed by atoms with Crippen LogP contribution in [0.2, 0.25) is 0 Å². The van der Waals surface area contributed by atoms with Gasteiger partial charge < -0.3 is 21.4 Å². The second-order valence-electron chi connectivity index (χ2n) is 5.81. The van der Waals surface area contributed by atoms with Crippen LogP contribution in [0.15, 0.2) is 72.9 Å². The predicted molar refractivity (Wildman–Crippen MR) is 105 cm³/mol. The highest BCUT2D eigenvalue weighted by Gasteiger charge is 2.12. The largest absolute Gasteiger partial charge is 0.398 e. The minimum absolute atomic E-state index is 0.205. The molecule has 1 heterocycles. The van der Waals surface area contributed by atoms with E-state index in [4.69, 9.17) is 11.1 Å². The molecule has 0 radical (unpaired) electrons. The van der Waals surface area contributed by atoms with E-state index in [1.165, 1.54) is 6.21 Å². The number of carbonyl (C=O) groups excluding carboxylic acids is 1. The Balaban J connectivity index is 1.77. The molecular weight excluding hydrogens is 324 g/mol. The summed E-state index contributed by atoms with van der Waals surface area (Å²) in [6.07, 6.45) is 2.91. The monoisotopic (exact) mass is 344 g/mol. The molecule has 0 aliphatic rings. The highest BCUT2D eigenvalue weighted by atomic mass is 16.1. The summed E-state index contributed by atoms with van der Waals surface area (Å²) in [5.41, 5.74) is 10.3. The van der Waals surface area contributed by atoms with E-state index >= 15 is 0 Å². The van der Waals surface area contributed by atoms with Crippen LogP contribution in [0.3, 0.4) is 0 Å². The number of aromatic nitrogens is 1. The Morgan fingerprint density at radius 1 is 1.04 bits per heavy atom. The summed E-state index contributed by atoms with van der Waals surface area (Å²) >= 11 is 0. The van der Waals surface area contributed by atoms with Gasteiger partial charge in [0.2, 0.25) is 0 Å². The highest BCUT2D eigenvalue weighted by molar-refractivity contribution is 6.17. The van der Waals surface area contributed by atoms with Gasteiger partial charge in [-0.2, -0.15) is 0 Å². The van der Waals surface area contributed by atoms with Gasteiger partial charge in [-0.3, -0.25) is 4.79 Å².